The fourth-order valence-electron chi connectivity index (χ4n) is 6.12. The van der Waals surface area contributed by atoms with Gasteiger partial charge < -0.3 is 19.4 Å². The molecule has 2 N–H and O–H groups in total. The number of nitrogens with zero attached hydrogens (tertiary/aromatic N) is 2. The molecule has 0 aliphatic carbocycles. The summed E-state index contributed by atoms with van der Waals surface area (Å²) in [5.41, 5.74) is 7.45. The average molecular weight is 450 g/mol. The van der Waals surface area contributed by atoms with Crippen molar-refractivity contribution in [3.63, 3.8) is 0 Å². The third-order valence-corrected chi connectivity index (χ3v) is 8.55. The molecule has 2 aromatic heterocycles. The largest absolute Gasteiger partial charge is 0.498 e. The Balaban J connectivity index is 1.51. The molecule has 0 spiro atoms. The van der Waals surface area contributed by atoms with Crippen molar-refractivity contribution in [3.8, 4) is 0 Å². The van der Waals surface area contributed by atoms with Gasteiger partial charge in [-0.15, -0.1) is 0 Å². The van der Waals surface area contributed by atoms with E-state index in [1.807, 2.05) is 0 Å². The maximum atomic E-state index is 3.94. The number of pyridine rings is 2. The highest BCUT2D eigenvalue weighted by Gasteiger charge is 2.40. The summed E-state index contributed by atoms with van der Waals surface area (Å²) in [6.45, 7) is 9.16. The zero-order chi connectivity index (χ0) is 23.8. The first-order valence-electron chi connectivity index (χ1n) is 13.1. The van der Waals surface area contributed by atoms with Gasteiger partial charge in [-0.05, 0) is 23.3 Å². The number of nitrogens with one attached hydrogen (secondary N) is 2. The number of rotatable bonds is 6. The zero-order valence-electron chi connectivity index (χ0n) is 21.0. The van der Waals surface area contributed by atoms with Crippen LogP contribution in [0.2, 0.25) is 25.3 Å². The van der Waals surface area contributed by atoms with Gasteiger partial charge in [-0.3, -0.25) is 0 Å². The molecule has 3 aromatic rings. The summed E-state index contributed by atoms with van der Waals surface area (Å²) in [6.07, 6.45) is 11.6. The molecule has 0 amide bonds. The van der Waals surface area contributed by atoms with E-state index < -0.39 is 12.8 Å². The molecule has 34 heavy (non-hydrogen) atoms. The second kappa shape index (κ2) is 8.83. The van der Waals surface area contributed by atoms with Crippen LogP contribution in [0.4, 0.5) is 0 Å². The topological polar surface area (TPSA) is 31.8 Å². The molecule has 0 atom stereocenters. The van der Waals surface area contributed by atoms with Gasteiger partial charge in [0.2, 0.25) is 0 Å². The van der Waals surface area contributed by atoms with Gasteiger partial charge in [0, 0.05) is 35.7 Å². The summed E-state index contributed by atoms with van der Waals surface area (Å²) in [7, 11) is 0. The third kappa shape index (κ3) is 3.56. The molecule has 6 heteroatoms. The van der Waals surface area contributed by atoms with Crippen LogP contribution in [0, 0.1) is 0 Å². The number of hydrogen-bond donors (Lipinski definition) is 2. The fraction of sp³-hybridized carbons (Fsp3) is 0.286. The van der Waals surface area contributed by atoms with Crippen LogP contribution in [0.25, 0.3) is 23.5 Å². The second-order valence-corrected chi connectivity index (χ2v) is 10.1. The highest BCUT2D eigenvalue weighted by atomic mass is 15.1. The van der Waals surface area contributed by atoms with E-state index in [4.69, 9.17) is 0 Å². The Morgan fingerprint density at radius 3 is 1.29 bits per heavy atom. The normalized spacial score (nSPS) is 17.4. The molecule has 1 aromatic carbocycles. The molecule has 2 aliphatic rings. The van der Waals surface area contributed by atoms with Crippen LogP contribution >= 0.6 is 0 Å². The second-order valence-electron chi connectivity index (χ2n) is 10.1. The van der Waals surface area contributed by atoms with Crippen molar-refractivity contribution in [3.05, 3.63) is 95.6 Å². The minimum absolute atomic E-state index is 0.881. The van der Waals surface area contributed by atoms with Crippen LogP contribution < -0.4 is 19.4 Å². The van der Waals surface area contributed by atoms with Crippen LogP contribution in [0.15, 0.2) is 73.1 Å². The van der Waals surface area contributed by atoms with E-state index in [1.54, 1.807) is 0 Å². The van der Waals surface area contributed by atoms with Gasteiger partial charge in [-0.2, -0.15) is 0 Å². The van der Waals surface area contributed by atoms with E-state index in [-0.39, 0.29) is 0 Å². The van der Waals surface area contributed by atoms with Crippen LogP contribution in [-0.4, -0.2) is 12.8 Å². The molecule has 0 bridgehead atoms. The molecule has 0 saturated heterocycles. The Kier molecular flexibility index (Phi) is 5.85. The van der Waals surface area contributed by atoms with Crippen molar-refractivity contribution in [2.75, 3.05) is 0 Å². The van der Waals surface area contributed by atoms with Gasteiger partial charge in [-0.25, -0.2) is 0 Å². The average Bonchev–Trinajstić information content (AvgIpc) is 2.91. The first-order valence-corrected chi connectivity index (χ1v) is 13.1. The highest BCUT2D eigenvalue weighted by molar-refractivity contribution is 6.71. The Bertz CT molecular complexity index is 1160. The predicted octanol–water partition coefficient (Wildman–Crippen LogP) is 5.12. The van der Waals surface area contributed by atoms with Crippen LogP contribution in [0.3, 0.4) is 0 Å². The lowest BCUT2D eigenvalue weighted by atomic mass is 9.41. The number of fused-ring (bicyclic) bond motifs is 2. The van der Waals surface area contributed by atoms with Crippen molar-refractivity contribution in [1.82, 2.24) is 10.5 Å². The summed E-state index contributed by atoms with van der Waals surface area (Å²) >= 11 is 0. The molecular weight excluding hydrogens is 414 g/mol. The molecule has 0 radical (unpaired) electrons. The van der Waals surface area contributed by atoms with Crippen molar-refractivity contribution in [2.24, 2.45) is 0 Å². The van der Waals surface area contributed by atoms with E-state index in [9.17, 15) is 0 Å². The standard InChI is InChI=1S/C28H36B2N4/c1-5-29(6-2)31-27(21-25-13-9-11-19-33(25)29)23-15-17-24(18-16-23)28-22-26-14-10-12-20-34(26)30(7-3,8-4)32-28/h9-22,31-32H,5-8H2,1-4H3. The van der Waals surface area contributed by atoms with Gasteiger partial charge in [-0.1, -0.05) is 89.4 Å². The van der Waals surface area contributed by atoms with E-state index in [0.717, 1.165) is 25.3 Å². The maximum absolute atomic E-state index is 3.94. The quantitative estimate of drug-likeness (QED) is 0.511. The van der Waals surface area contributed by atoms with E-state index in [0.29, 0.717) is 0 Å². The van der Waals surface area contributed by atoms with Gasteiger partial charge in [0.05, 0.1) is 0 Å². The van der Waals surface area contributed by atoms with Crippen LogP contribution in [0.5, 0.6) is 0 Å². The number of benzene rings is 1. The zero-order valence-corrected chi connectivity index (χ0v) is 21.0. The molecule has 0 saturated carbocycles. The van der Waals surface area contributed by atoms with Crippen molar-refractivity contribution in [1.29, 1.82) is 0 Å². The Labute approximate surface area is 204 Å². The molecule has 4 nitrogen and oxygen atoms in total. The predicted molar refractivity (Wildman–Crippen MR) is 146 cm³/mol. The summed E-state index contributed by atoms with van der Waals surface area (Å²) in [5.74, 6) is 0. The summed E-state index contributed by atoms with van der Waals surface area (Å²) in [6, 6.07) is 22.0. The minimum Gasteiger partial charge on any atom is -0.498 e. The van der Waals surface area contributed by atoms with E-state index in [1.165, 1.54) is 33.9 Å². The smallest absolute Gasteiger partial charge is 0.371 e. The van der Waals surface area contributed by atoms with Gasteiger partial charge in [0.1, 0.15) is 12.4 Å². The molecule has 4 heterocycles. The first-order chi connectivity index (χ1) is 16.6. The SMILES string of the molecule is CC[B-]1(CC)NC(c2ccc(C3=Cc4cccc[n+]4[B-](CC)(CC)N3)cc2)=Cc2cccc[n+]21. The van der Waals surface area contributed by atoms with Crippen LogP contribution in [-0.2, 0) is 0 Å². The maximum Gasteiger partial charge on any atom is 0.371 e. The Morgan fingerprint density at radius 1 is 0.559 bits per heavy atom. The lowest BCUT2D eigenvalue weighted by Gasteiger charge is -2.40. The minimum atomic E-state index is -0.881. The molecule has 2 aliphatic heterocycles. The van der Waals surface area contributed by atoms with Crippen molar-refractivity contribution in [2.45, 2.75) is 53.0 Å². The summed E-state index contributed by atoms with van der Waals surface area (Å²) < 4.78 is 4.89. The first kappa shape index (κ1) is 22.5. The number of aromatic nitrogens is 2. The Hall–Kier alpha value is -3.27. The fourth-order valence-corrected chi connectivity index (χ4v) is 6.12. The van der Waals surface area contributed by atoms with Crippen molar-refractivity contribution >= 4 is 36.4 Å². The molecule has 0 fully saturated rings. The molecule has 5 rings (SSSR count). The molecule has 174 valence electrons. The molecular formula is C28H36B2N4. The van der Waals surface area contributed by atoms with Gasteiger partial charge >= 0.3 is 12.8 Å². The summed E-state index contributed by atoms with van der Waals surface area (Å²) in [4.78, 5) is 0. The summed E-state index contributed by atoms with van der Waals surface area (Å²) in [5, 5.41) is 7.88. The lowest BCUT2D eigenvalue weighted by Crippen LogP contribution is -2.74. The van der Waals surface area contributed by atoms with Crippen LogP contribution in [0.1, 0.15) is 50.2 Å². The Morgan fingerprint density at radius 2 is 0.941 bits per heavy atom. The van der Waals surface area contributed by atoms with Crippen molar-refractivity contribution < 1.29 is 8.96 Å². The van der Waals surface area contributed by atoms with E-state index >= 15 is 0 Å². The highest BCUT2D eigenvalue weighted by Crippen LogP contribution is 2.27. The third-order valence-electron chi connectivity index (χ3n) is 8.55. The van der Waals surface area contributed by atoms with Gasteiger partial charge in [0.15, 0.2) is 11.4 Å². The lowest BCUT2D eigenvalue weighted by molar-refractivity contribution is -0.554. The monoisotopic (exact) mass is 450 g/mol. The van der Waals surface area contributed by atoms with Gasteiger partial charge in [0.25, 0.3) is 0 Å². The molecule has 0 unspecified atom stereocenters. The number of hydrogen-bond acceptors (Lipinski definition) is 2. The van der Waals surface area contributed by atoms with E-state index in [2.05, 4.69) is 132 Å².